The van der Waals surface area contributed by atoms with Crippen molar-refractivity contribution in [3.05, 3.63) is 35.9 Å². The van der Waals surface area contributed by atoms with Gasteiger partial charge in [-0.15, -0.1) is 0 Å². The predicted octanol–water partition coefficient (Wildman–Crippen LogP) is 2.98. The van der Waals surface area contributed by atoms with Crippen molar-refractivity contribution >= 4 is 11.5 Å². The van der Waals surface area contributed by atoms with Crippen LogP contribution in [0.5, 0.6) is 0 Å². The molecule has 1 aliphatic rings. The SMILES string of the molecule is CCCCCN=C(/C(Cc1ccccc1)=N\O)N1CCOCC1. The summed E-state index contributed by atoms with van der Waals surface area (Å²) in [5.41, 5.74) is 1.75. The summed E-state index contributed by atoms with van der Waals surface area (Å²) >= 11 is 0. The number of rotatable bonds is 7. The lowest BCUT2D eigenvalue weighted by molar-refractivity contribution is 0.0686. The quantitative estimate of drug-likeness (QED) is 0.276. The van der Waals surface area contributed by atoms with Crippen molar-refractivity contribution < 1.29 is 9.94 Å². The largest absolute Gasteiger partial charge is 0.411 e. The van der Waals surface area contributed by atoms with E-state index in [-0.39, 0.29) is 0 Å². The lowest BCUT2D eigenvalue weighted by atomic mass is 10.1. The molecule has 23 heavy (non-hydrogen) atoms. The van der Waals surface area contributed by atoms with Crippen LogP contribution in [0.15, 0.2) is 40.5 Å². The van der Waals surface area contributed by atoms with Crippen LogP contribution in [0.1, 0.15) is 31.7 Å². The molecule has 5 nitrogen and oxygen atoms in total. The van der Waals surface area contributed by atoms with Crippen LogP contribution < -0.4 is 0 Å². The van der Waals surface area contributed by atoms with E-state index >= 15 is 0 Å². The van der Waals surface area contributed by atoms with Gasteiger partial charge in [-0.3, -0.25) is 4.99 Å². The summed E-state index contributed by atoms with van der Waals surface area (Å²) in [5.74, 6) is 0.816. The smallest absolute Gasteiger partial charge is 0.149 e. The van der Waals surface area contributed by atoms with Crippen LogP contribution in [0.2, 0.25) is 0 Å². The molecule has 126 valence electrons. The summed E-state index contributed by atoms with van der Waals surface area (Å²) < 4.78 is 5.43. The molecular formula is C18H27N3O2. The summed E-state index contributed by atoms with van der Waals surface area (Å²) in [5, 5.41) is 13.1. The van der Waals surface area contributed by atoms with Crippen molar-refractivity contribution in [1.82, 2.24) is 4.90 Å². The van der Waals surface area contributed by atoms with Gasteiger partial charge in [-0.05, 0) is 12.0 Å². The molecule has 0 saturated carbocycles. The summed E-state index contributed by atoms with van der Waals surface area (Å²) in [7, 11) is 0. The number of benzene rings is 1. The maximum Gasteiger partial charge on any atom is 0.149 e. The molecule has 1 aromatic carbocycles. The third kappa shape index (κ3) is 5.67. The Morgan fingerprint density at radius 2 is 1.91 bits per heavy atom. The van der Waals surface area contributed by atoms with Crippen LogP contribution in [0, 0.1) is 0 Å². The number of amidine groups is 1. The fourth-order valence-electron chi connectivity index (χ4n) is 2.64. The van der Waals surface area contributed by atoms with Gasteiger partial charge in [-0.2, -0.15) is 0 Å². The number of hydrogen-bond acceptors (Lipinski definition) is 4. The molecule has 0 atom stereocenters. The van der Waals surface area contributed by atoms with E-state index in [0.29, 0.717) is 25.3 Å². The molecule has 2 rings (SSSR count). The van der Waals surface area contributed by atoms with E-state index < -0.39 is 0 Å². The number of ether oxygens (including phenoxy) is 1. The van der Waals surface area contributed by atoms with Crippen molar-refractivity contribution in [1.29, 1.82) is 0 Å². The second-order valence-electron chi connectivity index (χ2n) is 5.72. The number of morpholine rings is 1. The fourth-order valence-corrected chi connectivity index (χ4v) is 2.64. The Morgan fingerprint density at radius 1 is 1.17 bits per heavy atom. The summed E-state index contributed by atoms with van der Waals surface area (Å²) in [6.45, 7) is 5.92. The highest BCUT2D eigenvalue weighted by Crippen LogP contribution is 2.08. The minimum atomic E-state index is 0.585. The molecule has 1 N–H and O–H groups in total. The van der Waals surface area contributed by atoms with Crippen molar-refractivity contribution in [2.75, 3.05) is 32.8 Å². The van der Waals surface area contributed by atoms with Gasteiger partial charge in [0.05, 0.1) is 13.2 Å². The normalized spacial score (nSPS) is 16.7. The van der Waals surface area contributed by atoms with Gasteiger partial charge >= 0.3 is 0 Å². The molecule has 0 aromatic heterocycles. The summed E-state index contributed by atoms with van der Waals surface area (Å²) in [6.07, 6.45) is 3.99. The lowest BCUT2D eigenvalue weighted by Crippen LogP contribution is -2.45. The van der Waals surface area contributed by atoms with Crippen LogP contribution in [0.4, 0.5) is 0 Å². The van der Waals surface area contributed by atoms with Gasteiger partial charge in [-0.25, -0.2) is 0 Å². The Labute approximate surface area is 138 Å². The molecular weight excluding hydrogens is 290 g/mol. The number of aliphatic imine (C=N–C) groups is 1. The molecule has 1 heterocycles. The Bertz CT molecular complexity index is 508. The Kier molecular flexibility index (Phi) is 7.60. The maximum absolute atomic E-state index is 9.54. The van der Waals surface area contributed by atoms with Gasteiger partial charge in [0.25, 0.3) is 0 Å². The highest BCUT2D eigenvalue weighted by atomic mass is 16.5. The summed E-state index contributed by atoms with van der Waals surface area (Å²) in [6, 6.07) is 10.1. The van der Waals surface area contributed by atoms with Crippen molar-refractivity contribution in [2.24, 2.45) is 10.1 Å². The Morgan fingerprint density at radius 3 is 2.57 bits per heavy atom. The summed E-state index contributed by atoms with van der Waals surface area (Å²) in [4.78, 5) is 6.92. The van der Waals surface area contributed by atoms with E-state index in [0.717, 1.165) is 37.5 Å². The van der Waals surface area contributed by atoms with E-state index in [2.05, 4.69) is 17.0 Å². The molecule has 1 aromatic rings. The van der Waals surface area contributed by atoms with Crippen LogP contribution in [-0.2, 0) is 11.2 Å². The van der Waals surface area contributed by atoms with E-state index in [9.17, 15) is 5.21 Å². The third-order valence-electron chi connectivity index (χ3n) is 3.93. The third-order valence-corrected chi connectivity index (χ3v) is 3.93. The predicted molar refractivity (Wildman–Crippen MR) is 93.6 cm³/mol. The van der Waals surface area contributed by atoms with Gasteiger partial charge in [0.2, 0.25) is 0 Å². The Hall–Kier alpha value is -1.88. The van der Waals surface area contributed by atoms with Crippen LogP contribution >= 0.6 is 0 Å². The molecule has 5 heteroatoms. The van der Waals surface area contributed by atoms with Gasteiger partial charge < -0.3 is 14.8 Å². The molecule has 0 spiro atoms. The van der Waals surface area contributed by atoms with Crippen molar-refractivity contribution in [3.8, 4) is 0 Å². The van der Waals surface area contributed by atoms with Crippen molar-refractivity contribution in [3.63, 3.8) is 0 Å². The minimum absolute atomic E-state index is 0.585. The van der Waals surface area contributed by atoms with Gasteiger partial charge in [-0.1, -0.05) is 55.3 Å². The lowest BCUT2D eigenvalue weighted by Gasteiger charge is -2.30. The van der Waals surface area contributed by atoms with E-state index in [4.69, 9.17) is 9.73 Å². The van der Waals surface area contributed by atoms with Crippen LogP contribution in [0.25, 0.3) is 0 Å². The number of unbranched alkanes of at least 4 members (excludes halogenated alkanes) is 2. The molecule has 0 aliphatic carbocycles. The average Bonchev–Trinajstić information content (AvgIpc) is 2.62. The molecule has 0 radical (unpaired) electrons. The van der Waals surface area contributed by atoms with E-state index in [1.54, 1.807) is 0 Å². The van der Waals surface area contributed by atoms with Crippen molar-refractivity contribution in [2.45, 2.75) is 32.6 Å². The highest BCUT2D eigenvalue weighted by molar-refractivity contribution is 6.41. The van der Waals surface area contributed by atoms with Gasteiger partial charge in [0.15, 0.2) is 0 Å². The second kappa shape index (κ2) is 10.0. The first-order chi connectivity index (χ1) is 11.3. The van der Waals surface area contributed by atoms with Crippen LogP contribution in [-0.4, -0.2) is 54.5 Å². The average molecular weight is 317 g/mol. The first-order valence-corrected chi connectivity index (χ1v) is 8.47. The minimum Gasteiger partial charge on any atom is -0.411 e. The number of oxime groups is 1. The first kappa shape index (κ1) is 17.5. The number of nitrogens with zero attached hydrogens (tertiary/aromatic N) is 3. The zero-order chi connectivity index (χ0) is 16.3. The molecule has 0 bridgehead atoms. The fraction of sp³-hybridized carbons (Fsp3) is 0.556. The van der Waals surface area contributed by atoms with Gasteiger partial charge in [0.1, 0.15) is 11.5 Å². The monoisotopic (exact) mass is 317 g/mol. The zero-order valence-corrected chi connectivity index (χ0v) is 13.9. The molecule has 1 aliphatic heterocycles. The highest BCUT2D eigenvalue weighted by Gasteiger charge is 2.20. The maximum atomic E-state index is 9.54. The molecule has 1 fully saturated rings. The molecule has 1 saturated heterocycles. The topological polar surface area (TPSA) is 57.4 Å². The standard InChI is InChI=1S/C18H27N3O2/c1-2-3-7-10-19-18(21-11-13-23-14-12-21)17(20-22)15-16-8-5-4-6-9-16/h4-6,8-9,22H,2-3,7,10-15H2,1H3/b19-18?,20-17-. The number of hydrogen-bond donors (Lipinski definition) is 1. The van der Waals surface area contributed by atoms with Gasteiger partial charge in [0, 0.05) is 26.1 Å². The Balaban J connectivity index is 2.12. The molecule has 0 amide bonds. The first-order valence-electron chi connectivity index (χ1n) is 8.47. The van der Waals surface area contributed by atoms with E-state index in [1.807, 2.05) is 30.3 Å². The second-order valence-corrected chi connectivity index (χ2v) is 5.72. The molecule has 0 unspecified atom stereocenters. The van der Waals surface area contributed by atoms with Crippen LogP contribution in [0.3, 0.4) is 0 Å². The zero-order valence-electron chi connectivity index (χ0n) is 13.9. The van der Waals surface area contributed by atoms with E-state index in [1.165, 1.54) is 12.8 Å².